The van der Waals surface area contributed by atoms with E-state index in [1.54, 1.807) is 0 Å². The van der Waals surface area contributed by atoms with E-state index in [2.05, 4.69) is 18.7 Å². The fourth-order valence-electron chi connectivity index (χ4n) is 3.77. The number of carbonyl (C=O) groups is 1. The van der Waals surface area contributed by atoms with Crippen molar-refractivity contribution in [1.82, 2.24) is 4.90 Å². The summed E-state index contributed by atoms with van der Waals surface area (Å²) in [6.45, 7) is 5.43. The Morgan fingerprint density at radius 2 is 2.06 bits per heavy atom. The third-order valence-corrected chi connectivity index (χ3v) is 4.99. The van der Waals surface area contributed by atoms with Gasteiger partial charge >= 0.3 is 5.97 Å². The SMILES string of the molecule is CCC1CCCC(N2CCC(C)CC2C(=O)O)C1. The minimum Gasteiger partial charge on any atom is -0.480 e. The van der Waals surface area contributed by atoms with Crippen molar-refractivity contribution in [3.63, 3.8) is 0 Å². The first kappa shape index (κ1) is 13.9. The molecule has 4 unspecified atom stereocenters. The van der Waals surface area contributed by atoms with Crippen LogP contribution in [0.25, 0.3) is 0 Å². The highest BCUT2D eigenvalue weighted by molar-refractivity contribution is 5.73. The Labute approximate surface area is 111 Å². The van der Waals surface area contributed by atoms with E-state index < -0.39 is 5.97 Å². The number of hydrogen-bond acceptors (Lipinski definition) is 2. The molecule has 0 amide bonds. The number of likely N-dealkylation sites (tertiary alicyclic amines) is 1. The van der Waals surface area contributed by atoms with Crippen LogP contribution in [0.1, 0.15) is 58.8 Å². The van der Waals surface area contributed by atoms with Crippen LogP contribution in [0.3, 0.4) is 0 Å². The summed E-state index contributed by atoms with van der Waals surface area (Å²) in [6.07, 6.45) is 8.29. The first-order valence-corrected chi connectivity index (χ1v) is 7.60. The van der Waals surface area contributed by atoms with E-state index in [-0.39, 0.29) is 6.04 Å². The van der Waals surface area contributed by atoms with Crippen LogP contribution in [0, 0.1) is 11.8 Å². The van der Waals surface area contributed by atoms with Crippen LogP contribution in [-0.4, -0.2) is 34.6 Å². The van der Waals surface area contributed by atoms with Gasteiger partial charge in [-0.25, -0.2) is 0 Å². The smallest absolute Gasteiger partial charge is 0.320 e. The molecule has 1 saturated heterocycles. The molecule has 1 heterocycles. The van der Waals surface area contributed by atoms with Crippen molar-refractivity contribution >= 4 is 5.97 Å². The Hall–Kier alpha value is -0.570. The number of hydrogen-bond donors (Lipinski definition) is 1. The second-order valence-corrected chi connectivity index (χ2v) is 6.32. The van der Waals surface area contributed by atoms with Crippen molar-refractivity contribution in [3.05, 3.63) is 0 Å². The molecule has 0 bridgehead atoms. The highest BCUT2D eigenvalue weighted by atomic mass is 16.4. The maximum atomic E-state index is 11.5. The van der Waals surface area contributed by atoms with Crippen LogP contribution in [0.5, 0.6) is 0 Å². The number of rotatable bonds is 3. The van der Waals surface area contributed by atoms with E-state index in [1.165, 1.54) is 32.1 Å². The zero-order valence-electron chi connectivity index (χ0n) is 11.8. The lowest BCUT2D eigenvalue weighted by atomic mass is 9.81. The van der Waals surface area contributed by atoms with E-state index in [9.17, 15) is 9.90 Å². The Bertz CT molecular complexity index is 292. The van der Waals surface area contributed by atoms with Gasteiger partial charge in [-0.05, 0) is 44.1 Å². The third-order valence-electron chi connectivity index (χ3n) is 4.99. The van der Waals surface area contributed by atoms with E-state index in [0.717, 1.165) is 25.3 Å². The second kappa shape index (κ2) is 6.05. The number of carboxylic acid groups (broad SMARTS) is 1. The average molecular weight is 253 g/mol. The minimum absolute atomic E-state index is 0.227. The summed E-state index contributed by atoms with van der Waals surface area (Å²) in [5.41, 5.74) is 0. The van der Waals surface area contributed by atoms with Gasteiger partial charge in [0, 0.05) is 6.04 Å². The first-order chi connectivity index (χ1) is 8.61. The van der Waals surface area contributed by atoms with Gasteiger partial charge in [0.2, 0.25) is 0 Å². The average Bonchev–Trinajstić information content (AvgIpc) is 2.38. The number of carboxylic acids is 1. The molecule has 1 aliphatic carbocycles. The summed E-state index contributed by atoms with van der Waals surface area (Å²) in [7, 11) is 0. The van der Waals surface area contributed by atoms with E-state index in [4.69, 9.17) is 0 Å². The number of aliphatic carboxylic acids is 1. The van der Waals surface area contributed by atoms with Crippen molar-refractivity contribution in [1.29, 1.82) is 0 Å². The summed E-state index contributed by atoms with van der Waals surface area (Å²) in [5.74, 6) is 0.769. The van der Waals surface area contributed by atoms with Crippen LogP contribution in [0.2, 0.25) is 0 Å². The molecule has 1 aliphatic heterocycles. The van der Waals surface area contributed by atoms with Crippen LogP contribution in [0.4, 0.5) is 0 Å². The van der Waals surface area contributed by atoms with Crippen LogP contribution < -0.4 is 0 Å². The predicted molar refractivity (Wildman–Crippen MR) is 72.6 cm³/mol. The van der Waals surface area contributed by atoms with Crippen molar-refractivity contribution in [2.24, 2.45) is 11.8 Å². The molecule has 0 aromatic rings. The highest BCUT2D eigenvalue weighted by Gasteiger charge is 2.37. The molecular formula is C15H27NO2. The molecule has 0 radical (unpaired) electrons. The zero-order valence-corrected chi connectivity index (χ0v) is 11.8. The molecule has 0 aromatic heterocycles. The molecule has 2 aliphatic rings. The topological polar surface area (TPSA) is 40.5 Å². The lowest BCUT2D eigenvalue weighted by molar-refractivity contribution is -0.147. The Morgan fingerprint density at radius 1 is 1.28 bits per heavy atom. The minimum atomic E-state index is -0.611. The van der Waals surface area contributed by atoms with E-state index >= 15 is 0 Å². The fourth-order valence-corrected chi connectivity index (χ4v) is 3.77. The van der Waals surface area contributed by atoms with Crippen LogP contribution in [-0.2, 0) is 4.79 Å². The Morgan fingerprint density at radius 3 is 2.72 bits per heavy atom. The first-order valence-electron chi connectivity index (χ1n) is 7.60. The number of nitrogens with zero attached hydrogens (tertiary/aromatic N) is 1. The molecule has 3 heteroatoms. The molecule has 4 atom stereocenters. The lowest BCUT2D eigenvalue weighted by Crippen LogP contribution is -2.52. The van der Waals surface area contributed by atoms with Gasteiger partial charge in [-0.1, -0.05) is 33.1 Å². The maximum absolute atomic E-state index is 11.5. The normalized spacial score (nSPS) is 38.6. The maximum Gasteiger partial charge on any atom is 0.320 e. The number of piperidine rings is 1. The molecule has 2 fully saturated rings. The molecule has 18 heavy (non-hydrogen) atoms. The second-order valence-electron chi connectivity index (χ2n) is 6.32. The van der Waals surface area contributed by atoms with Gasteiger partial charge in [0.15, 0.2) is 0 Å². The summed E-state index contributed by atoms with van der Waals surface area (Å²) < 4.78 is 0. The predicted octanol–water partition coefficient (Wildman–Crippen LogP) is 3.14. The standard InChI is InChI=1S/C15H27NO2/c1-3-12-5-4-6-13(10-12)16-8-7-11(2)9-14(16)15(17)18/h11-14H,3-10H2,1-2H3,(H,17,18). The summed E-state index contributed by atoms with van der Waals surface area (Å²) in [6, 6.07) is 0.298. The van der Waals surface area contributed by atoms with Gasteiger partial charge in [-0.3, -0.25) is 9.69 Å². The van der Waals surface area contributed by atoms with Gasteiger partial charge < -0.3 is 5.11 Å². The zero-order chi connectivity index (χ0) is 13.1. The van der Waals surface area contributed by atoms with Gasteiger partial charge in [-0.2, -0.15) is 0 Å². The molecule has 2 rings (SSSR count). The Kier molecular flexibility index (Phi) is 4.66. The van der Waals surface area contributed by atoms with Gasteiger partial charge in [0.05, 0.1) is 0 Å². The van der Waals surface area contributed by atoms with E-state index in [0.29, 0.717) is 12.0 Å². The molecule has 0 aromatic carbocycles. The van der Waals surface area contributed by atoms with Gasteiger partial charge in [-0.15, -0.1) is 0 Å². The summed E-state index contributed by atoms with van der Waals surface area (Å²) >= 11 is 0. The molecule has 1 saturated carbocycles. The van der Waals surface area contributed by atoms with Gasteiger partial charge in [0.1, 0.15) is 6.04 Å². The molecule has 1 N–H and O–H groups in total. The third kappa shape index (κ3) is 3.05. The van der Waals surface area contributed by atoms with Crippen molar-refractivity contribution in [2.75, 3.05) is 6.54 Å². The van der Waals surface area contributed by atoms with Crippen molar-refractivity contribution in [3.8, 4) is 0 Å². The fraction of sp³-hybridized carbons (Fsp3) is 0.933. The summed E-state index contributed by atoms with van der Waals surface area (Å²) in [5, 5.41) is 9.44. The van der Waals surface area contributed by atoms with Crippen LogP contribution >= 0.6 is 0 Å². The highest BCUT2D eigenvalue weighted by Crippen LogP contribution is 2.34. The molecular weight excluding hydrogens is 226 g/mol. The van der Waals surface area contributed by atoms with Crippen LogP contribution in [0.15, 0.2) is 0 Å². The molecule has 104 valence electrons. The monoisotopic (exact) mass is 253 g/mol. The van der Waals surface area contributed by atoms with Crippen molar-refractivity contribution in [2.45, 2.75) is 70.9 Å². The lowest BCUT2D eigenvalue weighted by Gasteiger charge is -2.44. The molecule has 0 spiro atoms. The Balaban J connectivity index is 2.02. The van der Waals surface area contributed by atoms with Crippen molar-refractivity contribution < 1.29 is 9.90 Å². The van der Waals surface area contributed by atoms with Gasteiger partial charge in [0.25, 0.3) is 0 Å². The largest absolute Gasteiger partial charge is 0.480 e. The van der Waals surface area contributed by atoms with E-state index in [1.807, 2.05) is 0 Å². The molecule has 3 nitrogen and oxygen atoms in total. The quantitative estimate of drug-likeness (QED) is 0.840. The summed E-state index contributed by atoms with van der Waals surface area (Å²) in [4.78, 5) is 13.8.